The van der Waals surface area contributed by atoms with Crippen LogP contribution in [-0.4, -0.2) is 67.8 Å². The number of fused-ring (bicyclic) bond motifs is 1. The molecule has 2 saturated heterocycles. The second kappa shape index (κ2) is 9.56. The van der Waals surface area contributed by atoms with Crippen LogP contribution in [0.5, 0.6) is 0 Å². The van der Waals surface area contributed by atoms with Crippen molar-refractivity contribution in [2.24, 2.45) is 5.92 Å². The predicted molar refractivity (Wildman–Crippen MR) is 138 cm³/mol. The molecule has 1 amide bonds. The molecule has 10 heteroatoms. The fourth-order valence-electron chi connectivity index (χ4n) is 4.82. The third-order valence-electron chi connectivity index (χ3n) is 6.82. The van der Waals surface area contributed by atoms with Crippen LogP contribution in [0.25, 0.3) is 10.2 Å². The van der Waals surface area contributed by atoms with E-state index in [9.17, 15) is 13.2 Å². The van der Waals surface area contributed by atoms with Gasteiger partial charge in [-0.2, -0.15) is 4.31 Å². The lowest BCUT2D eigenvalue weighted by molar-refractivity contribution is -0.137. The van der Waals surface area contributed by atoms with Gasteiger partial charge in [0.25, 0.3) is 10.0 Å². The Balaban J connectivity index is 1.18. The van der Waals surface area contributed by atoms with Crippen molar-refractivity contribution in [2.75, 3.05) is 44.2 Å². The lowest BCUT2D eigenvalue weighted by Crippen LogP contribution is -2.52. The van der Waals surface area contributed by atoms with Crippen LogP contribution < -0.4 is 4.90 Å². The summed E-state index contributed by atoms with van der Waals surface area (Å²) in [6.07, 6.45) is 1.17. The van der Waals surface area contributed by atoms with E-state index in [1.54, 1.807) is 28.8 Å². The molecule has 7 nitrogen and oxygen atoms in total. The van der Waals surface area contributed by atoms with Crippen molar-refractivity contribution in [1.29, 1.82) is 0 Å². The SMILES string of the molecule is CC(C)c1cccc2sc(N3CCN(C(=O)C4CCN(S(=O)(=O)c5cccs5)CC4)CC3)nc12. The summed E-state index contributed by atoms with van der Waals surface area (Å²) in [6, 6.07) is 9.79. The van der Waals surface area contributed by atoms with Gasteiger partial charge in [0.1, 0.15) is 4.21 Å². The molecule has 2 aliphatic rings. The Morgan fingerprint density at radius 3 is 2.41 bits per heavy atom. The standard InChI is InChI=1S/C24H30N4O3S3/c1-17(2)19-5-3-6-20-22(19)25-24(33-20)27-14-12-26(13-15-27)23(29)18-8-10-28(11-9-18)34(30,31)21-7-4-16-32-21/h3-7,16-18H,8-15H2,1-2H3. The first-order valence-electron chi connectivity index (χ1n) is 11.8. The topological polar surface area (TPSA) is 73.8 Å². The molecule has 182 valence electrons. The molecule has 0 atom stereocenters. The molecular formula is C24H30N4O3S3. The fraction of sp³-hybridized carbons (Fsp3) is 0.500. The highest BCUT2D eigenvalue weighted by atomic mass is 32.2. The molecular weight excluding hydrogens is 488 g/mol. The van der Waals surface area contributed by atoms with Crippen LogP contribution in [0.4, 0.5) is 5.13 Å². The summed E-state index contributed by atoms with van der Waals surface area (Å²) < 4.78 is 28.6. The molecule has 34 heavy (non-hydrogen) atoms. The summed E-state index contributed by atoms with van der Waals surface area (Å²) >= 11 is 2.97. The Morgan fingerprint density at radius 2 is 1.76 bits per heavy atom. The van der Waals surface area contributed by atoms with Gasteiger partial charge >= 0.3 is 0 Å². The Morgan fingerprint density at radius 1 is 1.03 bits per heavy atom. The van der Waals surface area contributed by atoms with E-state index in [4.69, 9.17) is 4.98 Å². The van der Waals surface area contributed by atoms with E-state index in [-0.39, 0.29) is 11.8 Å². The van der Waals surface area contributed by atoms with E-state index < -0.39 is 10.0 Å². The van der Waals surface area contributed by atoms with Gasteiger partial charge in [0, 0.05) is 45.2 Å². The van der Waals surface area contributed by atoms with Gasteiger partial charge < -0.3 is 9.80 Å². The van der Waals surface area contributed by atoms with Crippen molar-refractivity contribution in [3.8, 4) is 0 Å². The van der Waals surface area contributed by atoms with E-state index in [0.717, 1.165) is 23.7 Å². The Labute approximate surface area is 209 Å². The number of hydrogen-bond acceptors (Lipinski definition) is 7. The Kier molecular flexibility index (Phi) is 6.67. The number of thiazole rings is 1. The number of thiophene rings is 1. The number of sulfonamides is 1. The van der Waals surface area contributed by atoms with Crippen LogP contribution in [0.15, 0.2) is 39.9 Å². The second-order valence-corrected chi connectivity index (χ2v) is 13.4. The van der Waals surface area contributed by atoms with Crippen LogP contribution in [0.1, 0.15) is 38.2 Å². The molecule has 0 aliphatic carbocycles. The lowest BCUT2D eigenvalue weighted by atomic mass is 9.96. The molecule has 0 saturated carbocycles. The average Bonchev–Trinajstić information content (AvgIpc) is 3.54. The first-order valence-corrected chi connectivity index (χ1v) is 14.9. The highest BCUT2D eigenvalue weighted by Crippen LogP contribution is 2.34. The normalized spacial score (nSPS) is 18.8. The Bertz CT molecular complexity index is 1250. The quantitative estimate of drug-likeness (QED) is 0.505. The van der Waals surface area contributed by atoms with Crippen molar-refractivity contribution < 1.29 is 13.2 Å². The summed E-state index contributed by atoms with van der Waals surface area (Å²) in [5.41, 5.74) is 2.38. The number of aromatic nitrogens is 1. The summed E-state index contributed by atoms with van der Waals surface area (Å²) in [5, 5.41) is 2.81. The van der Waals surface area contributed by atoms with Gasteiger partial charge in [0.05, 0.1) is 10.2 Å². The number of nitrogens with zero attached hydrogens (tertiary/aromatic N) is 4. The Hall–Kier alpha value is -2.01. The highest BCUT2D eigenvalue weighted by molar-refractivity contribution is 7.91. The molecule has 0 bridgehead atoms. The third-order valence-corrected chi connectivity index (χ3v) is 11.2. The van der Waals surface area contributed by atoms with Gasteiger partial charge in [0.2, 0.25) is 5.91 Å². The number of para-hydroxylation sites is 1. The van der Waals surface area contributed by atoms with Gasteiger partial charge in [-0.15, -0.1) is 11.3 Å². The number of rotatable bonds is 5. The monoisotopic (exact) mass is 518 g/mol. The largest absolute Gasteiger partial charge is 0.345 e. The molecule has 5 rings (SSSR count). The number of hydrogen-bond donors (Lipinski definition) is 0. The molecule has 1 aromatic carbocycles. The number of carbonyl (C=O) groups excluding carboxylic acids is 1. The van der Waals surface area contributed by atoms with Crippen LogP contribution in [0.2, 0.25) is 0 Å². The highest BCUT2D eigenvalue weighted by Gasteiger charge is 2.35. The van der Waals surface area contributed by atoms with Gasteiger partial charge in [-0.1, -0.05) is 43.4 Å². The van der Waals surface area contributed by atoms with Crippen molar-refractivity contribution in [2.45, 2.75) is 36.8 Å². The maximum Gasteiger partial charge on any atom is 0.252 e. The maximum atomic E-state index is 13.2. The fourth-order valence-corrected chi connectivity index (χ4v) is 8.48. The van der Waals surface area contributed by atoms with Crippen molar-refractivity contribution in [3.63, 3.8) is 0 Å². The summed E-state index contributed by atoms with van der Waals surface area (Å²) in [7, 11) is -3.44. The minimum absolute atomic E-state index is 0.0996. The smallest absolute Gasteiger partial charge is 0.252 e. The van der Waals surface area contributed by atoms with Crippen LogP contribution in [0, 0.1) is 5.92 Å². The molecule has 2 aliphatic heterocycles. The molecule has 0 spiro atoms. The molecule has 4 heterocycles. The van der Waals surface area contributed by atoms with Crippen LogP contribution in [-0.2, 0) is 14.8 Å². The van der Waals surface area contributed by atoms with Crippen LogP contribution >= 0.6 is 22.7 Å². The second-order valence-electron chi connectivity index (χ2n) is 9.27. The first kappa shape index (κ1) is 23.7. The molecule has 2 aromatic heterocycles. The molecule has 0 radical (unpaired) electrons. The van der Waals surface area contributed by atoms with E-state index >= 15 is 0 Å². The number of anilines is 1. The van der Waals surface area contributed by atoms with E-state index in [2.05, 4.69) is 36.9 Å². The molecule has 0 N–H and O–H groups in total. The van der Waals surface area contributed by atoms with Gasteiger partial charge in [0.15, 0.2) is 5.13 Å². The minimum atomic E-state index is -3.44. The number of benzene rings is 1. The number of amides is 1. The molecule has 3 aromatic rings. The first-order chi connectivity index (χ1) is 16.3. The van der Waals surface area contributed by atoms with Gasteiger partial charge in [-0.05, 0) is 41.8 Å². The van der Waals surface area contributed by atoms with Gasteiger partial charge in [-0.3, -0.25) is 4.79 Å². The lowest BCUT2D eigenvalue weighted by Gasteiger charge is -2.38. The van der Waals surface area contributed by atoms with Crippen molar-refractivity contribution in [1.82, 2.24) is 14.2 Å². The summed E-state index contributed by atoms with van der Waals surface area (Å²) in [6.45, 7) is 8.10. The zero-order chi connectivity index (χ0) is 23.9. The van der Waals surface area contributed by atoms with E-state index in [1.165, 1.54) is 25.9 Å². The minimum Gasteiger partial charge on any atom is -0.345 e. The number of carbonyl (C=O) groups is 1. The molecule has 0 unspecified atom stereocenters. The van der Waals surface area contributed by atoms with Crippen LogP contribution in [0.3, 0.4) is 0 Å². The molecule has 2 fully saturated rings. The predicted octanol–water partition coefficient (Wildman–Crippen LogP) is 4.23. The van der Waals surface area contributed by atoms with Gasteiger partial charge in [-0.25, -0.2) is 13.4 Å². The van der Waals surface area contributed by atoms with Crippen molar-refractivity contribution >= 4 is 54.0 Å². The maximum absolute atomic E-state index is 13.2. The van der Waals surface area contributed by atoms with E-state index in [0.29, 0.717) is 49.1 Å². The summed E-state index contributed by atoms with van der Waals surface area (Å²) in [5.74, 6) is 0.497. The van der Waals surface area contributed by atoms with Crippen molar-refractivity contribution in [3.05, 3.63) is 41.3 Å². The average molecular weight is 519 g/mol. The zero-order valence-electron chi connectivity index (χ0n) is 19.5. The number of piperazine rings is 1. The van der Waals surface area contributed by atoms with E-state index in [1.807, 2.05) is 4.90 Å². The third kappa shape index (κ3) is 4.48. The number of piperidine rings is 1. The summed E-state index contributed by atoms with van der Waals surface area (Å²) in [4.78, 5) is 22.4. The zero-order valence-corrected chi connectivity index (χ0v) is 22.0.